The molecule has 0 aromatic carbocycles. The van der Waals surface area contributed by atoms with Gasteiger partial charge in [-0.3, -0.25) is 9.69 Å². The highest BCUT2D eigenvalue weighted by atomic mass is 19.4. The van der Waals surface area contributed by atoms with Crippen LogP contribution in [0.3, 0.4) is 0 Å². The van der Waals surface area contributed by atoms with Crippen molar-refractivity contribution in [3.8, 4) is 0 Å². The van der Waals surface area contributed by atoms with Gasteiger partial charge in [-0.15, -0.1) is 0 Å². The average Bonchev–Trinajstić information content (AvgIpc) is 2.25. The van der Waals surface area contributed by atoms with Crippen LogP contribution in [0.15, 0.2) is 0 Å². The van der Waals surface area contributed by atoms with Gasteiger partial charge in [0.1, 0.15) is 0 Å². The van der Waals surface area contributed by atoms with Crippen LogP contribution in [0.2, 0.25) is 0 Å². The lowest BCUT2D eigenvalue weighted by Crippen LogP contribution is -2.62. The predicted octanol–water partition coefficient (Wildman–Crippen LogP) is 1.65. The van der Waals surface area contributed by atoms with Crippen molar-refractivity contribution >= 4 is 5.91 Å². The van der Waals surface area contributed by atoms with Crippen molar-refractivity contribution < 1.29 is 18.0 Å². The number of carbonyl (C=O) groups excluding carboxylic acids is 1. The second kappa shape index (κ2) is 6.30. The Morgan fingerprint density at radius 3 is 2.55 bits per heavy atom. The summed E-state index contributed by atoms with van der Waals surface area (Å²) >= 11 is 0. The number of alkyl halides is 3. The quantitative estimate of drug-likeness (QED) is 0.811. The van der Waals surface area contributed by atoms with Crippen LogP contribution >= 0.6 is 0 Å². The van der Waals surface area contributed by atoms with Crippen molar-refractivity contribution in [2.24, 2.45) is 5.73 Å². The van der Waals surface area contributed by atoms with Crippen molar-refractivity contribution in [3.05, 3.63) is 0 Å². The first kappa shape index (κ1) is 17.2. The summed E-state index contributed by atoms with van der Waals surface area (Å²) in [4.78, 5) is 13.1. The molecule has 2 atom stereocenters. The SMILES string of the molecule is CC(C)NC1(C(N)=O)CCCC(N(C)CC(F)(F)F)C1. The number of amides is 1. The number of nitrogens with one attached hydrogen (secondary N) is 1. The van der Waals surface area contributed by atoms with Gasteiger partial charge < -0.3 is 11.1 Å². The van der Waals surface area contributed by atoms with Gasteiger partial charge >= 0.3 is 6.18 Å². The molecule has 118 valence electrons. The normalized spacial score (nSPS) is 28.1. The highest BCUT2D eigenvalue weighted by molar-refractivity contribution is 5.85. The van der Waals surface area contributed by atoms with E-state index in [1.165, 1.54) is 11.9 Å². The van der Waals surface area contributed by atoms with Crippen LogP contribution in [-0.4, -0.2) is 48.2 Å². The molecule has 7 heteroatoms. The van der Waals surface area contributed by atoms with Gasteiger partial charge in [0.05, 0.1) is 12.1 Å². The van der Waals surface area contributed by atoms with E-state index in [1.54, 1.807) is 0 Å². The number of hydrogen-bond donors (Lipinski definition) is 2. The summed E-state index contributed by atoms with van der Waals surface area (Å²) < 4.78 is 37.4. The summed E-state index contributed by atoms with van der Waals surface area (Å²) in [6.07, 6.45) is -1.98. The van der Waals surface area contributed by atoms with E-state index in [2.05, 4.69) is 5.32 Å². The molecule has 0 saturated heterocycles. The molecule has 1 fully saturated rings. The van der Waals surface area contributed by atoms with Crippen LogP contribution in [-0.2, 0) is 4.79 Å². The molecule has 1 rings (SSSR count). The minimum atomic E-state index is -4.23. The highest BCUT2D eigenvalue weighted by Crippen LogP contribution is 2.32. The zero-order valence-electron chi connectivity index (χ0n) is 12.3. The molecule has 0 aromatic rings. The Hall–Kier alpha value is -0.820. The molecule has 0 bridgehead atoms. The second-order valence-electron chi connectivity index (χ2n) is 6.03. The molecule has 1 aliphatic rings. The molecule has 0 aliphatic heterocycles. The molecule has 1 saturated carbocycles. The number of rotatable bonds is 5. The minimum absolute atomic E-state index is 0.0502. The molecule has 1 aliphatic carbocycles. The first-order chi connectivity index (χ1) is 9.06. The molecule has 0 spiro atoms. The minimum Gasteiger partial charge on any atom is -0.368 e. The van der Waals surface area contributed by atoms with E-state index in [1.807, 2.05) is 13.8 Å². The molecule has 1 amide bonds. The van der Waals surface area contributed by atoms with E-state index < -0.39 is 24.2 Å². The standard InChI is InChI=1S/C13H24F3N3O/c1-9(2)18-12(11(17)20)6-4-5-10(7-12)19(3)8-13(14,15)16/h9-10,18H,4-8H2,1-3H3,(H2,17,20). The first-order valence-corrected chi connectivity index (χ1v) is 6.90. The van der Waals surface area contributed by atoms with Crippen LogP contribution in [0, 0.1) is 0 Å². The number of halogens is 3. The van der Waals surface area contributed by atoms with Gasteiger partial charge in [-0.2, -0.15) is 13.2 Å². The topological polar surface area (TPSA) is 58.4 Å². The third kappa shape index (κ3) is 4.63. The fraction of sp³-hybridized carbons (Fsp3) is 0.923. The van der Waals surface area contributed by atoms with Crippen LogP contribution in [0.5, 0.6) is 0 Å². The summed E-state index contributed by atoms with van der Waals surface area (Å²) in [6.45, 7) is 2.83. The number of carbonyl (C=O) groups is 1. The zero-order valence-corrected chi connectivity index (χ0v) is 12.3. The Balaban J connectivity index is 2.79. The van der Waals surface area contributed by atoms with Gasteiger partial charge in [-0.25, -0.2) is 0 Å². The Morgan fingerprint density at radius 2 is 2.10 bits per heavy atom. The lowest BCUT2D eigenvalue weighted by atomic mass is 9.77. The number of nitrogens with zero attached hydrogens (tertiary/aromatic N) is 1. The Morgan fingerprint density at radius 1 is 1.50 bits per heavy atom. The fourth-order valence-electron chi connectivity index (χ4n) is 3.01. The van der Waals surface area contributed by atoms with Gasteiger partial charge in [-0.05, 0) is 46.6 Å². The summed E-state index contributed by atoms with van der Waals surface area (Å²) in [6, 6.07) is -0.238. The second-order valence-corrected chi connectivity index (χ2v) is 6.03. The van der Waals surface area contributed by atoms with E-state index >= 15 is 0 Å². The number of primary amides is 1. The third-order valence-corrected chi connectivity index (χ3v) is 3.81. The monoisotopic (exact) mass is 295 g/mol. The van der Waals surface area contributed by atoms with E-state index in [4.69, 9.17) is 5.73 Å². The lowest BCUT2D eigenvalue weighted by Gasteiger charge is -2.43. The van der Waals surface area contributed by atoms with Crippen LogP contribution in [0.4, 0.5) is 13.2 Å². The summed E-state index contributed by atoms with van der Waals surface area (Å²) in [5.74, 6) is -0.476. The molecule has 2 unspecified atom stereocenters. The van der Waals surface area contributed by atoms with Crippen LogP contribution in [0.1, 0.15) is 39.5 Å². The maximum atomic E-state index is 12.5. The summed E-state index contributed by atoms with van der Waals surface area (Å²) in [5, 5.41) is 3.16. The number of nitrogens with two attached hydrogens (primary N) is 1. The van der Waals surface area contributed by atoms with Crippen molar-refractivity contribution in [3.63, 3.8) is 0 Å². The average molecular weight is 295 g/mol. The highest BCUT2D eigenvalue weighted by Gasteiger charge is 2.44. The van der Waals surface area contributed by atoms with E-state index in [0.29, 0.717) is 25.7 Å². The fourth-order valence-corrected chi connectivity index (χ4v) is 3.01. The Kier molecular flexibility index (Phi) is 5.43. The Bertz CT molecular complexity index is 346. The number of hydrogen-bond acceptors (Lipinski definition) is 3. The molecule has 0 radical (unpaired) electrons. The third-order valence-electron chi connectivity index (χ3n) is 3.81. The van der Waals surface area contributed by atoms with Crippen molar-refractivity contribution in [2.75, 3.05) is 13.6 Å². The van der Waals surface area contributed by atoms with Crippen molar-refractivity contribution in [1.29, 1.82) is 0 Å². The van der Waals surface area contributed by atoms with Crippen LogP contribution < -0.4 is 11.1 Å². The van der Waals surface area contributed by atoms with Crippen molar-refractivity contribution in [2.45, 2.75) is 63.3 Å². The Labute approximate surface area is 117 Å². The summed E-state index contributed by atoms with van der Waals surface area (Å²) in [5.41, 5.74) is 4.61. The first-order valence-electron chi connectivity index (χ1n) is 6.90. The summed E-state index contributed by atoms with van der Waals surface area (Å²) in [7, 11) is 1.45. The largest absolute Gasteiger partial charge is 0.401 e. The molecular formula is C13H24F3N3O. The lowest BCUT2D eigenvalue weighted by molar-refractivity contribution is -0.150. The van der Waals surface area contributed by atoms with Crippen LogP contribution in [0.25, 0.3) is 0 Å². The molecule has 20 heavy (non-hydrogen) atoms. The molecule has 0 aromatic heterocycles. The van der Waals surface area contributed by atoms with Gasteiger partial charge in [0.15, 0.2) is 0 Å². The maximum Gasteiger partial charge on any atom is 0.401 e. The molecular weight excluding hydrogens is 271 g/mol. The smallest absolute Gasteiger partial charge is 0.368 e. The van der Waals surface area contributed by atoms with E-state index in [9.17, 15) is 18.0 Å². The molecule has 0 heterocycles. The molecule has 3 N–H and O–H groups in total. The van der Waals surface area contributed by atoms with E-state index in [-0.39, 0.29) is 12.1 Å². The van der Waals surface area contributed by atoms with Gasteiger partial charge in [0.25, 0.3) is 0 Å². The maximum absolute atomic E-state index is 12.5. The molecule has 4 nitrogen and oxygen atoms in total. The van der Waals surface area contributed by atoms with Gasteiger partial charge in [0.2, 0.25) is 5.91 Å². The van der Waals surface area contributed by atoms with Gasteiger partial charge in [-0.1, -0.05) is 0 Å². The van der Waals surface area contributed by atoms with E-state index in [0.717, 1.165) is 0 Å². The predicted molar refractivity (Wildman–Crippen MR) is 71.1 cm³/mol. The van der Waals surface area contributed by atoms with Crippen molar-refractivity contribution in [1.82, 2.24) is 10.2 Å². The zero-order chi connectivity index (χ0) is 15.6. The van der Waals surface area contributed by atoms with Gasteiger partial charge in [0, 0.05) is 12.1 Å².